The van der Waals surface area contributed by atoms with Gasteiger partial charge < -0.3 is 24.6 Å². The first-order valence-electron chi connectivity index (χ1n) is 8.73. The summed E-state index contributed by atoms with van der Waals surface area (Å²) in [5.74, 6) is 1.74. The largest absolute Gasteiger partial charge is 0.495 e. The minimum Gasteiger partial charge on any atom is -0.495 e. The van der Waals surface area contributed by atoms with Gasteiger partial charge in [-0.05, 0) is 41.8 Å². The van der Waals surface area contributed by atoms with Gasteiger partial charge in [0.05, 0.1) is 18.2 Å². The molecule has 1 aliphatic heterocycles. The predicted molar refractivity (Wildman–Crippen MR) is 102 cm³/mol. The highest BCUT2D eigenvalue weighted by Crippen LogP contribution is 2.32. The number of aryl methyl sites for hydroxylation is 1. The molecule has 1 amide bonds. The molecule has 27 heavy (non-hydrogen) atoms. The van der Waals surface area contributed by atoms with E-state index in [0.29, 0.717) is 53.9 Å². The number of amides is 1. The van der Waals surface area contributed by atoms with E-state index in [1.165, 1.54) is 0 Å². The van der Waals surface area contributed by atoms with Crippen LogP contribution >= 0.6 is 11.6 Å². The molecule has 3 rings (SSSR count). The Kier molecular flexibility index (Phi) is 6.42. The molecule has 144 valence electrons. The molecular formula is C20H22ClNO5. The maximum absolute atomic E-state index is 12.1. The SMILES string of the molecule is COc1ccc(CCC(=O)NC[C@H](O)c2ccc3c(c2)OCCO3)cc1Cl. The molecule has 0 saturated heterocycles. The Hall–Kier alpha value is -2.44. The Labute approximate surface area is 163 Å². The smallest absolute Gasteiger partial charge is 0.220 e. The number of carbonyl (C=O) groups excluding carboxylic acids is 1. The van der Waals surface area contributed by atoms with Gasteiger partial charge in [-0.2, -0.15) is 0 Å². The second kappa shape index (κ2) is 8.97. The number of rotatable bonds is 7. The normalized spacial score (nSPS) is 13.7. The van der Waals surface area contributed by atoms with Crippen LogP contribution in [0.15, 0.2) is 36.4 Å². The number of carbonyl (C=O) groups is 1. The van der Waals surface area contributed by atoms with Gasteiger partial charge in [-0.25, -0.2) is 0 Å². The van der Waals surface area contributed by atoms with Crippen LogP contribution in [0.4, 0.5) is 0 Å². The molecule has 0 unspecified atom stereocenters. The van der Waals surface area contributed by atoms with E-state index in [-0.39, 0.29) is 12.5 Å². The van der Waals surface area contributed by atoms with E-state index in [1.807, 2.05) is 6.07 Å². The Morgan fingerprint density at radius 1 is 1.22 bits per heavy atom. The molecule has 0 saturated carbocycles. The highest BCUT2D eigenvalue weighted by Gasteiger charge is 2.16. The summed E-state index contributed by atoms with van der Waals surface area (Å²) in [6.07, 6.45) is 0.0341. The van der Waals surface area contributed by atoms with E-state index >= 15 is 0 Å². The summed E-state index contributed by atoms with van der Waals surface area (Å²) in [4.78, 5) is 12.1. The average Bonchev–Trinajstić information content (AvgIpc) is 2.70. The summed E-state index contributed by atoms with van der Waals surface area (Å²) in [5.41, 5.74) is 1.62. The van der Waals surface area contributed by atoms with Crippen molar-refractivity contribution in [2.24, 2.45) is 0 Å². The number of ether oxygens (including phenoxy) is 3. The summed E-state index contributed by atoms with van der Waals surface area (Å²) in [6.45, 7) is 1.13. The summed E-state index contributed by atoms with van der Waals surface area (Å²) in [6, 6.07) is 10.7. The highest BCUT2D eigenvalue weighted by molar-refractivity contribution is 6.32. The maximum Gasteiger partial charge on any atom is 0.220 e. The van der Waals surface area contributed by atoms with Crippen molar-refractivity contribution in [3.63, 3.8) is 0 Å². The fourth-order valence-electron chi connectivity index (χ4n) is 2.81. The van der Waals surface area contributed by atoms with Gasteiger partial charge in [0.25, 0.3) is 0 Å². The molecule has 0 radical (unpaired) electrons. The fraction of sp³-hybridized carbons (Fsp3) is 0.350. The maximum atomic E-state index is 12.1. The van der Waals surface area contributed by atoms with Crippen LogP contribution in [0.5, 0.6) is 17.2 Å². The molecule has 2 aromatic carbocycles. The van der Waals surface area contributed by atoms with Crippen molar-refractivity contribution in [2.75, 3.05) is 26.9 Å². The van der Waals surface area contributed by atoms with Gasteiger partial charge in [-0.15, -0.1) is 0 Å². The molecule has 0 aromatic heterocycles. The Morgan fingerprint density at radius 3 is 2.74 bits per heavy atom. The molecule has 1 heterocycles. The molecule has 2 N–H and O–H groups in total. The molecule has 7 heteroatoms. The minimum atomic E-state index is -0.819. The number of nitrogens with one attached hydrogen (secondary N) is 1. The molecule has 1 atom stereocenters. The monoisotopic (exact) mass is 391 g/mol. The number of halogens is 1. The molecule has 1 aliphatic rings. The molecule has 0 fully saturated rings. The average molecular weight is 392 g/mol. The summed E-state index contributed by atoms with van der Waals surface area (Å²) in [5, 5.41) is 13.6. The standard InChI is InChI=1S/C20H22ClNO5/c1-25-17-5-2-13(10-15(17)21)3-7-20(24)22-12-16(23)14-4-6-18-19(11-14)27-9-8-26-18/h2,4-6,10-11,16,23H,3,7-9,12H2,1H3,(H,22,24)/t16-/m0/s1. The van der Waals surface area contributed by atoms with Gasteiger partial charge in [0.1, 0.15) is 19.0 Å². The van der Waals surface area contributed by atoms with E-state index in [2.05, 4.69) is 5.32 Å². The lowest BCUT2D eigenvalue weighted by atomic mass is 10.1. The molecular weight excluding hydrogens is 370 g/mol. The van der Waals surface area contributed by atoms with Gasteiger partial charge in [0.15, 0.2) is 11.5 Å². The summed E-state index contributed by atoms with van der Waals surface area (Å²) < 4.78 is 16.1. The third-order valence-electron chi connectivity index (χ3n) is 4.30. The first-order valence-corrected chi connectivity index (χ1v) is 9.11. The van der Waals surface area contributed by atoms with Crippen LogP contribution in [0.3, 0.4) is 0 Å². The van der Waals surface area contributed by atoms with Crippen LogP contribution in [0.25, 0.3) is 0 Å². The third-order valence-corrected chi connectivity index (χ3v) is 4.60. The van der Waals surface area contributed by atoms with Crippen LogP contribution < -0.4 is 19.5 Å². The zero-order chi connectivity index (χ0) is 19.2. The van der Waals surface area contributed by atoms with Crippen LogP contribution in [-0.4, -0.2) is 37.9 Å². The van der Waals surface area contributed by atoms with E-state index in [4.69, 9.17) is 25.8 Å². The number of methoxy groups -OCH3 is 1. The zero-order valence-corrected chi connectivity index (χ0v) is 15.8. The molecule has 6 nitrogen and oxygen atoms in total. The van der Waals surface area contributed by atoms with Crippen molar-refractivity contribution in [2.45, 2.75) is 18.9 Å². The molecule has 2 aromatic rings. The van der Waals surface area contributed by atoms with E-state index in [9.17, 15) is 9.90 Å². The number of aliphatic hydroxyl groups excluding tert-OH is 1. The van der Waals surface area contributed by atoms with Gasteiger partial charge >= 0.3 is 0 Å². The Morgan fingerprint density at radius 2 is 2.00 bits per heavy atom. The Bertz CT molecular complexity index is 811. The molecule has 0 aliphatic carbocycles. The third kappa shape index (κ3) is 5.05. The molecule has 0 spiro atoms. The number of hydrogen-bond acceptors (Lipinski definition) is 5. The first kappa shape index (κ1) is 19.3. The number of aliphatic hydroxyl groups is 1. The zero-order valence-electron chi connectivity index (χ0n) is 15.0. The van der Waals surface area contributed by atoms with Crippen molar-refractivity contribution < 1.29 is 24.1 Å². The van der Waals surface area contributed by atoms with Crippen LogP contribution in [0, 0.1) is 0 Å². The number of fused-ring (bicyclic) bond motifs is 1. The quantitative estimate of drug-likeness (QED) is 0.758. The van der Waals surface area contributed by atoms with Gasteiger partial charge in [0.2, 0.25) is 5.91 Å². The lowest BCUT2D eigenvalue weighted by Crippen LogP contribution is -2.28. The first-order chi connectivity index (χ1) is 13.1. The second-order valence-electron chi connectivity index (χ2n) is 6.19. The minimum absolute atomic E-state index is 0.127. The highest BCUT2D eigenvalue weighted by atomic mass is 35.5. The summed E-state index contributed by atoms with van der Waals surface area (Å²) >= 11 is 6.09. The predicted octanol–water partition coefficient (Wildman–Crippen LogP) is 2.90. The van der Waals surface area contributed by atoms with E-state index in [1.54, 1.807) is 37.4 Å². The van der Waals surface area contributed by atoms with E-state index in [0.717, 1.165) is 5.56 Å². The fourth-order valence-corrected chi connectivity index (χ4v) is 3.09. The lowest BCUT2D eigenvalue weighted by Gasteiger charge is -2.20. The Balaban J connectivity index is 1.48. The lowest BCUT2D eigenvalue weighted by molar-refractivity contribution is -0.121. The second-order valence-corrected chi connectivity index (χ2v) is 6.60. The van der Waals surface area contributed by atoms with Crippen molar-refractivity contribution >= 4 is 17.5 Å². The van der Waals surface area contributed by atoms with Gasteiger partial charge in [-0.1, -0.05) is 23.7 Å². The van der Waals surface area contributed by atoms with Gasteiger partial charge in [-0.3, -0.25) is 4.79 Å². The summed E-state index contributed by atoms with van der Waals surface area (Å²) in [7, 11) is 1.56. The van der Waals surface area contributed by atoms with Crippen molar-refractivity contribution in [3.05, 3.63) is 52.5 Å². The van der Waals surface area contributed by atoms with Crippen molar-refractivity contribution in [3.8, 4) is 17.2 Å². The topological polar surface area (TPSA) is 77.0 Å². The van der Waals surface area contributed by atoms with Crippen LogP contribution in [0.1, 0.15) is 23.7 Å². The van der Waals surface area contributed by atoms with Crippen molar-refractivity contribution in [1.82, 2.24) is 5.32 Å². The van der Waals surface area contributed by atoms with Gasteiger partial charge in [0, 0.05) is 13.0 Å². The molecule has 0 bridgehead atoms. The van der Waals surface area contributed by atoms with Crippen LogP contribution in [0.2, 0.25) is 5.02 Å². The van der Waals surface area contributed by atoms with E-state index < -0.39 is 6.10 Å². The van der Waals surface area contributed by atoms with Crippen LogP contribution in [-0.2, 0) is 11.2 Å². The number of benzene rings is 2. The van der Waals surface area contributed by atoms with Crippen molar-refractivity contribution in [1.29, 1.82) is 0 Å². The number of hydrogen-bond donors (Lipinski definition) is 2.